The van der Waals surface area contributed by atoms with Crippen LogP contribution in [0.1, 0.15) is 29.8 Å². The van der Waals surface area contributed by atoms with Crippen molar-refractivity contribution in [3.8, 4) is 12.1 Å². The predicted molar refractivity (Wildman–Crippen MR) is 70.0 cm³/mol. The molecule has 0 radical (unpaired) electrons. The van der Waals surface area contributed by atoms with E-state index in [-0.39, 0.29) is 6.04 Å². The van der Waals surface area contributed by atoms with Crippen LogP contribution in [0.4, 0.5) is 5.69 Å². The van der Waals surface area contributed by atoms with E-state index >= 15 is 0 Å². The zero-order valence-corrected chi connectivity index (χ0v) is 10.5. The first-order valence-electron chi connectivity index (χ1n) is 5.33. The molecule has 0 aliphatic rings. The Kier molecular flexibility index (Phi) is 3.57. The summed E-state index contributed by atoms with van der Waals surface area (Å²) in [6.45, 7) is 2.00. The number of hydrogen-bond donors (Lipinski definition) is 1. The quantitative estimate of drug-likeness (QED) is 0.913. The van der Waals surface area contributed by atoms with Crippen molar-refractivity contribution in [2.45, 2.75) is 13.0 Å². The third-order valence-electron chi connectivity index (χ3n) is 2.54. The number of rotatable bonds is 3. The summed E-state index contributed by atoms with van der Waals surface area (Å²) in [5, 5.41) is 23.0. The first-order chi connectivity index (χ1) is 8.74. The monoisotopic (exact) mass is 254 g/mol. The molecule has 1 aromatic heterocycles. The van der Waals surface area contributed by atoms with Crippen LogP contribution in [0.25, 0.3) is 0 Å². The molecule has 0 saturated heterocycles. The molecule has 0 bridgehead atoms. The van der Waals surface area contributed by atoms with Gasteiger partial charge in [-0.3, -0.25) is 0 Å². The van der Waals surface area contributed by atoms with Crippen molar-refractivity contribution in [2.24, 2.45) is 0 Å². The molecule has 4 nitrogen and oxygen atoms in total. The Bertz CT molecular complexity index is 619. The largest absolute Gasteiger partial charge is 0.377 e. The lowest BCUT2D eigenvalue weighted by Crippen LogP contribution is -2.07. The highest BCUT2D eigenvalue weighted by atomic mass is 32.1. The van der Waals surface area contributed by atoms with E-state index in [0.29, 0.717) is 11.1 Å². The standard InChI is InChI=1S/C13H10N4S/c1-9(13-7-18-8-16-13)17-12-3-2-10(5-14)11(4-12)6-15/h2-4,7-9,17H,1H3. The first kappa shape index (κ1) is 12.1. The molecule has 1 atom stereocenters. The molecule has 1 unspecified atom stereocenters. The van der Waals surface area contributed by atoms with Crippen LogP contribution >= 0.6 is 11.3 Å². The summed E-state index contributed by atoms with van der Waals surface area (Å²) in [6.07, 6.45) is 0. The van der Waals surface area contributed by atoms with Crippen molar-refractivity contribution >= 4 is 17.0 Å². The van der Waals surface area contributed by atoms with Crippen LogP contribution in [0, 0.1) is 22.7 Å². The fraction of sp³-hybridized carbons (Fsp3) is 0.154. The van der Waals surface area contributed by atoms with Gasteiger partial charge >= 0.3 is 0 Å². The fourth-order valence-electron chi connectivity index (χ4n) is 1.58. The molecule has 0 aliphatic heterocycles. The lowest BCUT2D eigenvalue weighted by Gasteiger charge is -2.13. The molecule has 5 heteroatoms. The van der Waals surface area contributed by atoms with Gasteiger partial charge in [0.15, 0.2) is 0 Å². The van der Waals surface area contributed by atoms with Crippen LogP contribution in [0.2, 0.25) is 0 Å². The molecule has 1 aromatic carbocycles. The van der Waals surface area contributed by atoms with Gasteiger partial charge in [-0.25, -0.2) is 4.98 Å². The van der Waals surface area contributed by atoms with E-state index < -0.39 is 0 Å². The Morgan fingerprint density at radius 3 is 2.67 bits per heavy atom. The Labute approximate surface area is 109 Å². The smallest absolute Gasteiger partial charge is 0.101 e. The van der Waals surface area contributed by atoms with E-state index in [1.54, 1.807) is 35.0 Å². The van der Waals surface area contributed by atoms with Gasteiger partial charge in [0, 0.05) is 11.1 Å². The molecule has 1 N–H and O–H groups in total. The number of nitrogens with one attached hydrogen (secondary N) is 1. The summed E-state index contributed by atoms with van der Waals surface area (Å²) >= 11 is 1.55. The number of thiazole rings is 1. The van der Waals surface area contributed by atoms with Crippen LogP contribution in [0.3, 0.4) is 0 Å². The Morgan fingerprint density at radius 2 is 2.06 bits per heavy atom. The van der Waals surface area contributed by atoms with E-state index in [1.807, 2.05) is 24.4 Å². The number of benzene rings is 1. The zero-order chi connectivity index (χ0) is 13.0. The molecule has 0 aliphatic carbocycles. The molecule has 0 fully saturated rings. The van der Waals surface area contributed by atoms with Crippen LogP contribution < -0.4 is 5.32 Å². The topological polar surface area (TPSA) is 72.5 Å². The van der Waals surface area contributed by atoms with Crippen molar-refractivity contribution in [2.75, 3.05) is 5.32 Å². The van der Waals surface area contributed by atoms with Crippen molar-refractivity contribution in [1.82, 2.24) is 4.98 Å². The van der Waals surface area contributed by atoms with Crippen LogP contribution in [0.15, 0.2) is 29.1 Å². The molecule has 0 amide bonds. The van der Waals surface area contributed by atoms with Gasteiger partial charge in [0.05, 0.1) is 28.4 Å². The zero-order valence-electron chi connectivity index (χ0n) is 9.71. The van der Waals surface area contributed by atoms with Crippen molar-refractivity contribution in [3.05, 3.63) is 45.9 Å². The number of anilines is 1. The highest BCUT2D eigenvalue weighted by Crippen LogP contribution is 2.21. The molecule has 0 spiro atoms. The Balaban J connectivity index is 2.21. The molecular weight excluding hydrogens is 244 g/mol. The maximum absolute atomic E-state index is 8.95. The summed E-state index contributed by atoms with van der Waals surface area (Å²) in [7, 11) is 0. The third kappa shape index (κ3) is 2.48. The summed E-state index contributed by atoms with van der Waals surface area (Å²) < 4.78 is 0. The second-order valence-corrected chi connectivity index (χ2v) is 4.48. The maximum atomic E-state index is 8.95. The summed E-state index contributed by atoms with van der Waals surface area (Å²) in [5.74, 6) is 0. The molecule has 88 valence electrons. The van der Waals surface area contributed by atoms with E-state index in [0.717, 1.165) is 11.4 Å². The fourth-order valence-corrected chi connectivity index (χ4v) is 2.23. The van der Waals surface area contributed by atoms with Gasteiger partial charge in [-0.15, -0.1) is 11.3 Å². The van der Waals surface area contributed by atoms with Gasteiger partial charge < -0.3 is 5.32 Å². The van der Waals surface area contributed by atoms with Gasteiger partial charge in [0.1, 0.15) is 12.1 Å². The summed E-state index contributed by atoms with van der Waals surface area (Å²) in [4.78, 5) is 4.23. The third-order valence-corrected chi connectivity index (χ3v) is 3.14. The van der Waals surface area contributed by atoms with Crippen molar-refractivity contribution in [3.63, 3.8) is 0 Å². The molecule has 1 heterocycles. The number of nitrogens with zero attached hydrogens (tertiary/aromatic N) is 3. The number of aromatic nitrogens is 1. The second-order valence-electron chi connectivity index (χ2n) is 3.76. The lowest BCUT2D eigenvalue weighted by molar-refractivity contribution is 0.850. The average molecular weight is 254 g/mol. The SMILES string of the molecule is CC(Nc1ccc(C#N)c(C#N)c1)c1cscn1. The highest BCUT2D eigenvalue weighted by Gasteiger charge is 2.08. The molecule has 0 saturated carbocycles. The highest BCUT2D eigenvalue weighted by molar-refractivity contribution is 7.07. The van der Waals surface area contributed by atoms with Crippen LogP contribution in [0.5, 0.6) is 0 Å². The van der Waals surface area contributed by atoms with Crippen LogP contribution in [-0.4, -0.2) is 4.98 Å². The summed E-state index contributed by atoms with van der Waals surface area (Å²) in [5.41, 5.74) is 4.33. The number of hydrogen-bond acceptors (Lipinski definition) is 5. The minimum absolute atomic E-state index is 0.0655. The maximum Gasteiger partial charge on any atom is 0.101 e. The van der Waals surface area contributed by atoms with Gasteiger partial charge in [-0.05, 0) is 25.1 Å². The average Bonchev–Trinajstić information content (AvgIpc) is 2.92. The van der Waals surface area contributed by atoms with Gasteiger partial charge in [0.25, 0.3) is 0 Å². The van der Waals surface area contributed by atoms with E-state index in [4.69, 9.17) is 10.5 Å². The lowest BCUT2D eigenvalue weighted by atomic mass is 10.1. The van der Waals surface area contributed by atoms with Crippen LogP contribution in [-0.2, 0) is 0 Å². The molecular formula is C13H10N4S. The molecule has 2 rings (SSSR count). The van der Waals surface area contributed by atoms with Gasteiger partial charge in [-0.1, -0.05) is 0 Å². The van der Waals surface area contributed by atoms with E-state index in [9.17, 15) is 0 Å². The Hall–Kier alpha value is -2.37. The van der Waals surface area contributed by atoms with Gasteiger partial charge in [0.2, 0.25) is 0 Å². The Morgan fingerprint density at radius 1 is 1.28 bits per heavy atom. The molecule has 18 heavy (non-hydrogen) atoms. The van der Waals surface area contributed by atoms with Crippen molar-refractivity contribution < 1.29 is 0 Å². The second kappa shape index (κ2) is 5.31. The number of nitriles is 2. The predicted octanol–water partition coefficient (Wildman–Crippen LogP) is 3.06. The first-order valence-corrected chi connectivity index (χ1v) is 6.27. The van der Waals surface area contributed by atoms with E-state index in [1.165, 1.54) is 0 Å². The minimum Gasteiger partial charge on any atom is -0.377 e. The van der Waals surface area contributed by atoms with E-state index in [2.05, 4.69) is 10.3 Å². The van der Waals surface area contributed by atoms with Crippen molar-refractivity contribution in [1.29, 1.82) is 10.5 Å². The normalized spacial score (nSPS) is 11.3. The minimum atomic E-state index is 0.0655. The van der Waals surface area contributed by atoms with Gasteiger partial charge in [-0.2, -0.15) is 10.5 Å². The summed E-state index contributed by atoms with van der Waals surface area (Å²) in [6, 6.07) is 9.20. The molecule has 2 aromatic rings.